The molecule has 0 saturated heterocycles. The predicted molar refractivity (Wildman–Crippen MR) is 127 cm³/mol. The molecule has 2 fully saturated rings. The molecule has 2 aromatic heterocycles. The lowest BCUT2D eigenvalue weighted by Crippen LogP contribution is -2.24. The van der Waals surface area contributed by atoms with Crippen LogP contribution in [0.3, 0.4) is 0 Å². The molecule has 7 heteroatoms. The van der Waals surface area contributed by atoms with Crippen LogP contribution in [0.5, 0.6) is 0 Å². The molecule has 0 spiro atoms. The van der Waals surface area contributed by atoms with Crippen LogP contribution in [0.1, 0.15) is 84.0 Å². The summed E-state index contributed by atoms with van der Waals surface area (Å²) in [7, 11) is 0. The maximum Gasteiger partial charge on any atom is 0.224 e. The number of aromatic nitrogens is 4. The smallest absolute Gasteiger partial charge is 0.224 e. The summed E-state index contributed by atoms with van der Waals surface area (Å²) < 4.78 is 0. The zero-order valence-corrected chi connectivity index (χ0v) is 18.9. The molecule has 168 valence electrons. The highest BCUT2D eigenvalue weighted by Gasteiger charge is 2.19. The summed E-state index contributed by atoms with van der Waals surface area (Å²) in [6.45, 7) is 3.08. The van der Waals surface area contributed by atoms with Crippen molar-refractivity contribution in [2.45, 2.75) is 96.1 Å². The Labute approximate surface area is 186 Å². The van der Waals surface area contributed by atoms with E-state index in [1.807, 2.05) is 18.6 Å². The van der Waals surface area contributed by atoms with Gasteiger partial charge in [-0.15, -0.1) is 0 Å². The van der Waals surface area contributed by atoms with E-state index < -0.39 is 0 Å². The van der Waals surface area contributed by atoms with Crippen molar-refractivity contribution in [3.63, 3.8) is 0 Å². The second kappa shape index (κ2) is 11.3. The molecule has 31 heavy (non-hydrogen) atoms. The van der Waals surface area contributed by atoms with Gasteiger partial charge in [-0.05, 0) is 32.1 Å². The van der Waals surface area contributed by atoms with Gasteiger partial charge < -0.3 is 16.0 Å². The quantitative estimate of drug-likeness (QED) is 0.450. The first-order valence-electron chi connectivity index (χ1n) is 12.3. The van der Waals surface area contributed by atoms with Crippen LogP contribution in [0.15, 0.2) is 18.6 Å². The summed E-state index contributed by atoms with van der Waals surface area (Å²) in [6, 6.07) is 0.960. The van der Waals surface area contributed by atoms with E-state index in [1.54, 1.807) is 0 Å². The molecule has 0 aromatic carbocycles. The average Bonchev–Trinajstić information content (AvgIpc) is 2.81. The Morgan fingerprint density at radius 3 is 2.26 bits per heavy atom. The number of anilines is 3. The van der Waals surface area contributed by atoms with Gasteiger partial charge >= 0.3 is 0 Å². The first-order chi connectivity index (χ1) is 15.3. The predicted octanol–water partition coefficient (Wildman–Crippen LogP) is 5.63. The van der Waals surface area contributed by atoms with Gasteiger partial charge in [-0.1, -0.05) is 51.9 Å². The zero-order valence-electron chi connectivity index (χ0n) is 18.9. The van der Waals surface area contributed by atoms with Crippen LogP contribution in [0, 0.1) is 0 Å². The van der Waals surface area contributed by atoms with Crippen molar-refractivity contribution in [3.05, 3.63) is 18.6 Å². The molecule has 3 N–H and O–H groups in total. The van der Waals surface area contributed by atoms with Gasteiger partial charge in [-0.3, -0.25) is 4.98 Å². The summed E-state index contributed by atoms with van der Waals surface area (Å²) >= 11 is 0. The van der Waals surface area contributed by atoms with Crippen LogP contribution >= 0.6 is 0 Å². The fourth-order valence-corrected chi connectivity index (χ4v) is 4.60. The van der Waals surface area contributed by atoms with Gasteiger partial charge in [0.1, 0.15) is 11.6 Å². The van der Waals surface area contributed by atoms with Gasteiger partial charge in [-0.2, -0.15) is 4.98 Å². The molecule has 2 heterocycles. The van der Waals surface area contributed by atoms with E-state index in [1.165, 1.54) is 64.2 Å². The minimum Gasteiger partial charge on any atom is -0.367 e. The van der Waals surface area contributed by atoms with E-state index >= 15 is 0 Å². The molecule has 2 aliphatic carbocycles. The Morgan fingerprint density at radius 1 is 0.839 bits per heavy atom. The van der Waals surface area contributed by atoms with Gasteiger partial charge in [-0.25, -0.2) is 9.97 Å². The lowest BCUT2D eigenvalue weighted by Gasteiger charge is -2.25. The third-order valence-corrected chi connectivity index (χ3v) is 6.42. The van der Waals surface area contributed by atoms with Crippen molar-refractivity contribution < 1.29 is 0 Å². The van der Waals surface area contributed by atoms with Crippen LogP contribution < -0.4 is 16.0 Å². The Bertz CT molecular complexity index is 813. The van der Waals surface area contributed by atoms with Crippen molar-refractivity contribution in [1.29, 1.82) is 0 Å². The van der Waals surface area contributed by atoms with Crippen molar-refractivity contribution in [2.75, 3.05) is 22.5 Å². The van der Waals surface area contributed by atoms with Crippen LogP contribution in [-0.2, 0) is 0 Å². The highest BCUT2D eigenvalue weighted by molar-refractivity contribution is 5.73. The zero-order chi connectivity index (χ0) is 21.3. The second-order valence-corrected chi connectivity index (χ2v) is 8.98. The molecule has 2 aliphatic rings. The molecule has 0 atom stereocenters. The number of hydrogen-bond donors (Lipinski definition) is 3. The number of nitrogens with zero attached hydrogens (tertiary/aromatic N) is 4. The summed E-state index contributed by atoms with van der Waals surface area (Å²) in [5.74, 6) is 2.39. The lowest BCUT2D eigenvalue weighted by molar-refractivity contribution is 0.461. The van der Waals surface area contributed by atoms with Gasteiger partial charge in [0, 0.05) is 24.8 Å². The van der Waals surface area contributed by atoms with Crippen LogP contribution in [0.4, 0.5) is 17.6 Å². The molecule has 0 radical (unpaired) electrons. The SMILES string of the molecule is CCCCNc1ncc(-c2cncc(NC3CCCCC3)n2)c(NC2CCCCC2)n1. The summed E-state index contributed by atoms with van der Waals surface area (Å²) in [5.41, 5.74) is 1.74. The van der Waals surface area contributed by atoms with E-state index in [-0.39, 0.29) is 0 Å². The first-order valence-corrected chi connectivity index (χ1v) is 12.3. The number of unbranched alkanes of at least 4 members (excludes halogenated alkanes) is 1. The van der Waals surface area contributed by atoms with Gasteiger partial charge in [0.2, 0.25) is 5.95 Å². The van der Waals surface area contributed by atoms with Crippen molar-refractivity contribution in [3.8, 4) is 11.3 Å². The van der Waals surface area contributed by atoms with E-state index in [9.17, 15) is 0 Å². The van der Waals surface area contributed by atoms with E-state index in [2.05, 4.69) is 32.8 Å². The molecule has 2 aromatic rings. The Balaban J connectivity index is 1.55. The van der Waals surface area contributed by atoms with Crippen molar-refractivity contribution >= 4 is 17.6 Å². The normalized spacial score (nSPS) is 18.0. The fourth-order valence-electron chi connectivity index (χ4n) is 4.60. The molecule has 2 saturated carbocycles. The van der Waals surface area contributed by atoms with Crippen LogP contribution in [0.25, 0.3) is 11.3 Å². The van der Waals surface area contributed by atoms with Crippen LogP contribution in [0.2, 0.25) is 0 Å². The number of rotatable bonds is 9. The summed E-state index contributed by atoms with van der Waals surface area (Å²) in [5, 5.41) is 10.6. The lowest BCUT2D eigenvalue weighted by atomic mass is 9.95. The van der Waals surface area contributed by atoms with Gasteiger partial charge in [0.25, 0.3) is 0 Å². The molecule has 0 bridgehead atoms. The molecule has 4 rings (SSSR count). The number of nitrogens with one attached hydrogen (secondary N) is 3. The fraction of sp³-hybridized carbons (Fsp3) is 0.667. The third-order valence-electron chi connectivity index (χ3n) is 6.42. The van der Waals surface area contributed by atoms with Crippen LogP contribution in [-0.4, -0.2) is 38.6 Å². The molecule has 7 nitrogen and oxygen atoms in total. The minimum absolute atomic E-state index is 0.461. The molecular formula is C24H37N7. The van der Waals surface area contributed by atoms with E-state index in [0.29, 0.717) is 18.0 Å². The maximum atomic E-state index is 4.88. The molecular weight excluding hydrogens is 386 g/mol. The highest BCUT2D eigenvalue weighted by Crippen LogP contribution is 2.29. The summed E-state index contributed by atoms with van der Waals surface area (Å²) in [6.07, 6.45) is 20.4. The van der Waals surface area contributed by atoms with Gasteiger partial charge in [0.15, 0.2) is 0 Å². The summed E-state index contributed by atoms with van der Waals surface area (Å²) in [4.78, 5) is 18.8. The first kappa shape index (κ1) is 21.8. The Morgan fingerprint density at radius 2 is 1.55 bits per heavy atom. The van der Waals surface area contributed by atoms with Crippen molar-refractivity contribution in [1.82, 2.24) is 19.9 Å². The monoisotopic (exact) mass is 423 g/mol. The Hall–Kier alpha value is -2.44. The minimum atomic E-state index is 0.461. The topological polar surface area (TPSA) is 87.7 Å². The standard InChI is InChI=1S/C24H37N7/c1-2-3-14-26-24-27-15-20(23(31-24)29-19-12-8-5-9-13-19)21-16-25-17-22(30-21)28-18-10-6-4-7-11-18/h15-19H,2-14H2,1H3,(H,28,30)(H2,26,27,29,31). The second-order valence-electron chi connectivity index (χ2n) is 8.98. The molecule has 0 amide bonds. The average molecular weight is 424 g/mol. The highest BCUT2D eigenvalue weighted by atomic mass is 15.2. The van der Waals surface area contributed by atoms with Gasteiger partial charge in [0.05, 0.1) is 23.7 Å². The molecule has 0 unspecified atom stereocenters. The number of hydrogen-bond acceptors (Lipinski definition) is 7. The third kappa shape index (κ3) is 6.28. The van der Waals surface area contributed by atoms with E-state index in [0.717, 1.165) is 42.3 Å². The molecule has 0 aliphatic heterocycles. The largest absolute Gasteiger partial charge is 0.367 e. The Kier molecular flexibility index (Phi) is 7.91. The van der Waals surface area contributed by atoms with Crippen molar-refractivity contribution in [2.24, 2.45) is 0 Å². The van der Waals surface area contributed by atoms with E-state index in [4.69, 9.17) is 9.97 Å². The maximum absolute atomic E-state index is 4.88.